The Bertz CT molecular complexity index is 137. The second-order valence-electron chi connectivity index (χ2n) is 3.04. The number of aliphatic hydroxyl groups is 1. The van der Waals surface area contributed by atoms with Crippen molar-refractivity contribution in [2.75, 3.05) is 13.2 Å². The highest BCUT2D eigenvalue weighted by molar-refractivity contribution is 6.14. The third kappa shape index (κ3) is 0.588. The molecule has 2 atom stereocenters. The van der Waals surface area contributed by atoms with Gasteiger partial charge in [-0.1, -0.05) is 0 Å². The summed E-state index contributed by atoms with van der Waals surface area (Å²) in [5, 5.41) is 8.91. The Balaban J connectivity index is 2.14. The van der Waals surface area contributed by atoms with Gasteiger partial charge in [-0.3, -0.25) is 0 Å². The van der Waals surface area contributed by atoms with Crippen LogP contribution in [0.1, 0.15) is 12.8 Å². The van der Waals surface area contributed by atoms with Gasteiger partial charge in [0.15, 0.2) is 0 Å². The number of halogens is 1. The molecule has 2 unspecified atom stereocenters. The highest BCUT2D eigenvalue weighted by Gasteiger charge is 2.61. The molecule has 52 valence electrons. The van der Waals surface area contributed by atoms with Crippen LogP contribution in [0, 0.1) is 5.92 Å². The lowest BCUT2D eigenvalue weighted by atomic mass is 10.2. The lowest BCUT2D eigenvalue weighted by molar-refractivity contribution is 0.189. The van der Waals surface area contributed by atoms with Crippen LogP contribution in [0.3, 0.4) is 0 Å². The molecule has 1 saturated heterocycles. The second-order valence-corrected chi connectivity index (χ2v) is 3.45. The lowest BCUT2D eigenvalue weighted by Crippen LogP contribution is -2.29. The Kier molecular flexibility index (Phi) is 1.07. The molecule has 2 aliphatic rings. The van der Waals surface area contributed by atoms with E-state index in [2.05, 4.69) is 0 Å². The molecule has 0 bridgehead atoms. The van der Waals surface area contributed by atoms with Gasteiger partial charge in [-0.25, -0.2) is 4.42 Å². The molecule has 0 radical (unpaired) electrons. The SMILES string of the molecule is OCC12CC1CCN2Cl. The number of hydrogen-bond donors (Lipinski definition) is 1. The van der Waals surface area contributed by atoms with Gasteiger partial charge in [0.05, 0.1) is 12.1 Å². The van der Waals surface area contributed by atoms with Crippen LogP contribution in [0.15, 0.2) is 0 Å². The lowest BCUT2D eigenvalue weighted by Gasteiger charge is -2.16. The molecule has 2 fully saturated rings. The fourth-order valence-electron chi connectivity index (χ4n) is 1.80. The van der Waals surface area contributed by atoms with Crippen LogP contribution in [-0.4, -0.2) is 28.2 Å². The van der Waals surface area contributed by atoms with Crippen LogP contribution in [0.4, 0.5) is 0 Å². The average molecular weight is 148 g/mol. The van der Waals surface area contributed by atoms with E-state index in [4.69, 9.17) is 16.9 Å². The van der Waals surface area contributed by atoms with Crippen LogP contribution < -0.4 is 0 Å². The van der Waals surface area contributed by atoms with Crippen LogP contribution in [0.5, 0.6) is 0 Å². The molecular weight excluding hydrogens is 138 g/mol. The van der Waals surface area contributed by atoms with Crippen LogP contribution in [-0.2, 0) is 0 Å². The molecule has 2 nitrogen and oxygen atoms in total. The molecule has 1 aliphatic heterocycles. The van der Waals surface area contributed by atoms with Crippen molar-refractivity contribution in [2.24, 2.45) is 5.92 Å². The van der Waals surface area contributed by atoms with Crippen molar-refractivity contribution >= 4 is 11.8 Å². The average Bonchev–Trinajstić information content (AvgIpc) is 2.52. The summed E-state index contributed by atoms with van der Waals surface area (Å²) in [6, 6.07) is 0. The zero-order chi connectivity index (χ0) is 6.48. The first-order chi connectivity index (χ1) is 4.29. The number of fused-ring (bicyclic) bond motifs is 1. The first-order valence-corrected chi connectivity index (χ1v) is 3.68. The maximum Gasteiger partial charge on any atom is 0.0631 e. The van der Waals surface area contributed by atoms with Crippen molar-refractivity contribution in [3.63, 3.8) is 0 Å². The van der Waals surface area contributed by atoms with Gasteiger partial charge < -0.3 is 5.11 Å². The van der Waals surface area contributed by atoms with Crippen molar-refractivity contribution in [3.8, 4) is 0 Å². The molecule has 2 rings (SSSR count). The normalized spacial score (nSPS) is 49.3. The van der Waals surface area contributed by atoms with E-state index in [0.29, 0.717) is 5.92 Å². The van der Waals surface area contributed by atoms with Gasteiger partial charge in [0.1, 0.15) is 0 Å². The van der Waals surface area contributed by atoms with E-state index in [0.717, 1.165) is 13.0 Å². The van der Waals surface area contributed by atoms with E-state index in [1.165, 1.54) is 6.42 Å². The summed E-state index contributed by atoms with van der Waals surface area (Å²) in [4.78, 5) is 0. The Hall–Kier alpha value is 0.210. The molecule has 0 aromatic rings. The van der Waals surface area contributed by atoms with Gasteiger partial charge >= 0.3 is 0 Å². The molecule has 0 spiro atoms. The van der Waals surface area contributed by atoms with Crippen molar-refractivity contribution in [1.29, 1.82) is 0 Å². The molecule has 1 N–H and O–H groups in total. The fourth-order valence-corrected chi connectivity index (χ4v) is 2.16. The zero-order valence-electron chi connectivity index (χ0n) is 5.18. The Morgan fingerprint density at radius 2 is 2.56 bits per heavy atom. The molecule has 1 heterocycles. The van der Waals surface area contributed by atoms with Crippen LogP contribution in [0.25, 0.3) is 0 Å². The molecule has 3 heteroatoms. The number of piperidine rings is 1. The minimum absolute atomic E-state index is 0.0154. The van der Waals surface area contributed by atoms with E-state index in [-0.39, 0.29) is 12.1 Å². The maximum atomic E-state index is 8.91. The molecule has 0 amide bonds. The minimum atomic E-state index is 0.0154. The van der Waals surface area contributed by atoms with Gasteiger partial charge in [-0.15, -0.1) is 0 Å². The highest BCUT2D eigenvalue weighted by Crippen LogP contribution is 2.55. The second kappa shape index (κ2) is 1.62. The summed E-state index contributed by atoms with van der Waals surface area (Å²) in [6.45, 7) is 1.19. The summed E-state index contributed by atoms with van der Waals surface area (Å²) < 4.78 is 1.78. The van der Waals surface area contributed by atoms with Crippen LogP contribution >= 0.6 is 11.8 Å². The van der Waals surface area contributed by atoms with Crippen molar-refractivity contribution in [2.45, 2.75) is 18.4 Å². The third-order valence-electron chi connectivity index (χ3n) is 2.63. The topological polar surface area (TPSA) is 23.5 Å². The summed E-state index contributed by atoms with van der Waals surface area (Å²) in [5.74, 6) is 0.694. The summed E-state index contributed by atoms with van der Waals surface area (Å²) in [5.41, 5.74) is 0.0154. The van der Waals surface area contributed by atoms with E-state index in [1.807, 2.05) is 0 Å². The third-order valence-corrected chi connectivity index (χ3v) is 3.14. The maximum absolute atomic E-state index is 8.91. The fraction of sp³-hybridized carbons (Fsp3) is 1.00. The van der Waals surface area contributed by atoms with Crippen LogP contribution in [0.2, 0.25) is 0 Å². The van der Waals surface area contributed by atoms with Gasteiger partial charge in [0.2, 0.25) is 0 Å². The molecule has 1 saturated carbocycles. The number of rotatable bonds is 1. The van der Waals surface area contributed by atoms with E-state index in [1.54, 1.807) is 4.42 Å². The van der Waals surface area contributed by atoms with Crippen molar-refractivity contribution in [1.82, 2.24) is 4.42 Å². The zero-order valence-corrected chi connectivity index (χ0v) is 5.93. The molecule has 9 heavy (non-hydrogen) atoms. The molecule has 1 aliphatic carbocycles. The Labute approximate surface area is 59.5 Å². The molecule has 0 aromatic carbocycles. The standard InChI is InChI=1S/C6H10ClNO/c7-8-2-1-5-3-6(5,8)4-9/h5,9H,1-4H2. The Morgan fingerprint density at radius 1 is 1.78 bits per heavy atom. The molecule has 0 aromatic heterocycles. The predicted molar refractivity (Wildman–Crippen MR) is 35.1 cm³/mol. The highest BCUT2D eigenvalue weighted by atomic mass is 35.5. The number of hydrogen-bond acceptors (Lipinski definition) is 2. The first-order valence-electron chi connectivity index (χ1n) is 3.34. The number of aliphatic hydroxyl groups excluding tert-OH is 1. The van der Waals surface area contributed by atoms with Gasteiger partial charge in [0, 0.05) is 6.54 Å². The first kappa shape index (κ1) is 5.96. The minimum Gasteiger partial charge on any atom is -0.394 e. The number of nitrogens with zero attached hydrogens (tertiary/aromatic N) is 1. The quantitative estimate of drug-likeness (QED) is 0.549. The van der Waals surface area contributed by atoms with Gasteiger partial charge in [-0.2, -0.15) is 0 Å². The summed E-state index contributed by atoms with van der Waals surface area (Å²) >= 11 is 5.83. The smallest absolute Gasteiger partial charge is 0.0631 e. The van der Waals surface area contributed by atoms with E-state index < -0.39 is 0 Å². The van der Waals surface area contributed by atoms with Crippen molar-refractivity contribution in [3.05, 3.63) is 0 Å². The van der Waals surface area contributed by atoms with Crippen molar-refractivity contribution < 1.29 is 5.11 Å². The summed E-state index contributed by atoms with van der Waals surface area (Å²) in [6.07, 6.45) is 2.27. The van der Waals surface area contributed by atoms with E-state index in [9.17, 15) is 0 Å². The Morgan fingerprint density at radius 3 is 2.78 bits per heavy atom. The van der Waals surface area contributed by atoms with E-state index >= 15 is 0 Å². The summed E-state index contributed by atoms with van der Waals surface area (Å²) in [7, 11) is 0. The van der Waals surface area contributed by atoms with Gasteiger partial charge in [0.25, 0.3) is 0 Å². The molecular formula is C6H10ClNO. The monoisotopic (exact) mass is 147 g/mol. The van der Waals surface area contributed by atoms with Gasteiger partial charge in [-0.05, 0) is 30.5 Å². The largest absolute Gasteiger partial charge is 0.394 e. The predicted octanol–water partition coefficient (Wildman–Crippen LogP) is 0.597.